The molecule has 0 spiro atoms. The topological polar surface area (TPSA) is 43.1 Å². The van der Waals surface area contributed by atoms with Gasteiger partial charge in [-0.3, -0.25) is 10.1 Å². The predicted molar refractivity (Wildman–Crippen MR) is 114 cm³/mol. The minimum atomic E-state index is -0.299. The maximum atomic E-state index is 12.0. The molecule has 0 aliphatic heterocycles. The van der Waals surface area contributed by atoms with Gasteiger partial charge in [-0.15, -0.1) is 0 Å². The maximum Gasteiger partial charge on any atom is 0.280 e. The molecule has 0 aliphatic rings. The molecular weight excluding hydrogens is 335 g/mol. The third-order valence-electron chi connectivity index (χ3n) is 5.55. The van der Waals surface area contributed by atoms with E-state index >= 15 is 0 Å². The van der Waals surface area contributed by atoms with Crippen LogP contribution in [-0.4, -0.2) is 4.92 Å². The van der Waals surface area contributed by atoms with E-state index in [-0.39, 0.29) is 21.4 Å². The number of hydrogen-bond donors (Lipinski definition) is 0. The van der Waals surface area contributed by atoms with Gasteiger partial charge in [0.25, 0.3) is 5.69 Å². The van der Waals surface area contributed by atoms with Crippen molar-refractivity contribution in [2.75, 3.05) is 0 Å². The highest BCUT2D eigenvalue weighted by molar-refractivity contribution is 6.25. The van der Waals surface area contributed by atoms with Crippen molar-refractivity contribution in [3.8, 4) is 0 Å². The van der Waals surface area contributed by atoms with Crippen LogP contribution in [0.1, 0.15) is 52.7 Å². The van der Waals surface area contributed by atoms with Gasteiger partial charge in [-0.2, -0.15) is 0 Å². The molecule has 0 heterocycles. The number of rotatable bonds is 1. The highest BCUT2D eigenvalue weighted by Gasteiger charge is 2.29. The molecule has 3 heteroatoms. The molecule has 0 radical (unpaired) electrons. The Hall–Kier alpha value is -2.68. The lowest BCUT2D eigenvalue weighted by Crippen LogP contribution is -2.14. The molecule has 27 heavy (non-hydrogen) atoms. The molecular formula is C24H25NO2. The van der Waals surface area contributed by atoms with Crippen LogP contribution in [-0.2, 0) is 10.8 Å². The summed E-state index contributed by atoms with van der Waals surface area (Å²) in [5.41, 5.74) is 2.05. The second-order valence-electron chi connectivity index (χ2n) is 9.60. The molecule has 0 saturated carbocycles. The van der Waals surface area contributed by atoms with Crippen LogP contribution < -0.4 is 0 Å². The molecule has 0 atom stereocenters. The van der Waals surface area contributed by atoms with Crippen LogP contribution in [0.4, 0.5) is 5.69 Å². The Balaban J connectivity index is 2.22. The van der Waals surface area contributed by atoms with Gasteiger partial charge in [0.05, 0.1) is 10.3 Å². The summed E-state index contributed by atoms with van der Waals surface area (Å²) >= 11 is 0. The Bertz CT molecular complexity index is 1190. The second kappa shape index (κ2) is 5.41. The van der Waals surface area contributed by atoms with E-state index in [1.807, 2.05) is 39.0 Å². The molecule has 0 amide bonds. The van der Waals surface area contributed by atoms with E-state index in [0.717, 1.165) is 37.9 Å². The van der Waals surface area contributed by atoms with E-state index in [1.165, 1.54) is 5.56 Å². The van der Waals surface area contributed by atoms with E-state index in [2.05, 4.69) is 45.0 Å². The van der Waals surface area contributed by atoms with Gasteiger partial charge >= 0.3 is 0 Å². The number of hydrogen-bond acceptors (Lipinski definition) is 2. The first kappa shape index (κ1) is 17.7. The molecule has 4 aromatic rings. The lowest BCUT2D eigenvalue weighted by molar-refractivity contribution is -0.384. The van der Waals surface area contributed by atoms with Crippen LogP contribution in [0.15, 0.2) is 42.5 Å². The minimum Gasteiger partial charge on any atom is -0.258 e. The lowest BCUT2D eigenvalue weighted by Gasteiger charge is -2.23. The van der Waals surface area contributed by atoms with Gasteiger partial charge in [0.2, 0.25) is 0 Å². The van der Waals surface area contributed by atoms with Crippen molar-refractivity contribution < 1.29 is 4.92 Å². The van der Waals surface area contributed by atoms with Crippen molar-refractivity contribution in [1.82, 2.24) is 0 Å². The number of nitro groups is 1. The van der Waals surface area contributed by atoms with Gasteiger partial charge in [-0.05, 0) is 50.1 Å². The molecule has 0 aromatic heterocycles. The zero-order valence-corrected chi connectivity index (χ0v) is 16.8. The van der Waals surface area contributed by atoms with Crippen molar-refractivity contribution in [2.45, 2.75) is 52.4 Å². The van der Waals surface area contributed by atoms with Gasteiger partial charge in [-0.1, -0.05) is 71.9 Å². The van der Waals surface area contributed by atoms with E-state index in [4.69, 9.17) is 0 Å². The van der Waals surface area contributed by atoms with E-state index in [9.17, 15) is 10.1 Å². The second-order valence-corrected chi connectivity index (χ2v) is 9.60. The molecule has 4 aromatic carbocycles. The van der Waals surface area contributed by atoms with Crippen LogP contribution in [0, 0.1) is 10.1 Å². The van der Waals surface area contributed by atoms with Crippen LogP contribution in [0.5, 0.6) is 0 Å². The van der Waals surface area contributed by atoms with Crippen LogP contribution in [0.25, 0.3) is 32.3 Å². The largest absolute Gasteiger partial charge is 0.280 e. The van der Waals surface area contributed by atoms with Crippen molar-refractivity contribution >= 4 is 38.0 Å². The van der Waals surface area contributed by atoms with E-state index in [0.29, 0.717) is 0 Å². The summed E-state index contributed by atoms with van der Waals surface area (Å²) in [5, 5.41) is 18.2. The highest BCUT2D eigenvalue weighted by atomic mass is 16.9. The first-order chi connectivity index (χ1) is 12.5. The minimum absolute atomic E-state index is 0.0514. The Morgan fingerprint density at radius 2 is 1.26 bits per heavy atom. The van der Waals surface area contributed by atoms with Gasteiger partial charge in [-0.25, -0.2) is 0 Å². The van der Waals surface area contributed by atoms with Crippen molar-refractivity contribution in [1.29, 1.82) is 0 Å². The number of nitrogens with zero attached hydrogens (tertiary/aromatic N) is 1. The maximum absolute atomic E-state index is 12.0. The average Bonchev–Trinajstić information content (AvgIpc) is 2.56. The zero-order chi connectivity index (χ0) is 19.7. The van der Waals surface area contributed by atoms with Crippen LogP contribution in [0.2, 0.25) is 0 Å². The average molecular weight is 360 g/mol. The monoisotopic (exact) mass is 360 g/mol. The Labute approximate surface area is 159 Å². The summed E-state index contributed by atoms with van der Waals surface area (Å²) in [7, 11) is 0. The molecule has 4 rings (SSSR count). The molecule has 0 unspecified atom stereocenters. The summed E-state index contributed by atoms with van der Waals surface area (Å²) in [6.07, 6.45) is 0. The summed E-state index contributed by atoms with van der Waals surface area (Å²) in [5.74, 6) is 0. The highest BCUT2D eigenvalue weighted by Crippen LogP contribution is 2.44. The van der Waals surface area contributed by atoms with Gasteiger partial charge in [0.1, 0.15) is 0 Å². The number of benzene rings is 4. The fourth-order valence-corrected chi connectivity index (χ4v) is 4.08. The Morgan fingerprint density at radius 3 is 1.74 bits per heavy atom. The van der Waals surface area contributed by atoms with E-state index in [1.54, 1.807) is 0 Å². The van der Waals surface area contributed by atoms with Crippen molar-refractivity contribution in [2.24, 2.45) is 0 Å². The summed E-state index contributed by atoms with van der Waals surface area (Å²) in [6.45, 7) is 12.7. The first-order valence-electron chi connectivity index (χ1n) is 9.39. The molecule has 0 N–H and O–H groups in total. The molecule has 138 valence electrons. The third-order valence-corrected chi connectivity index (χ3v) is 5.55. The van der Waals surface area contributed by atoms with Crippen molar-refractivity contribution in [3.63, 3.8) is 0 Å². The zero-order valence-electron chi connectivity index (χ0n) is 16.8. The fourth-order valence-electron chi connectivity index (χ4n) is 4.08. The smallest absolute Gasteiger partial charge is 0.258 e. The third kappa shape index (κ3) is 2.64. The summed E-state index contributed by atoms with van der Waals surface area (Å²) in [6, 6.07) is 14.7. The SMILES string of the molecule is CC(C)(C)c1cc2ccc3cc(C(C)(C)C)c([15N+](=O)[O-])c4ccc(c1)c2c34. The molecule has 0 saturated heterocycles. The standard InChI is InChI=1S/C24H25NO2/c1-23(2,3)17-11-14-7-8-16-13-19(24(4,5)6)22(25(26)27)18-10-9-15(12-17)20(14)21(16)18/h7-13H,1-6H3/i25+1. The van der Waals surface area contributed by atoms with Crippen molar-refractivity contribution in [3.05, 3.63) is 63.7 Å². The Kier molecular flexibility index (Phi) is 3.55. The summed E-state index contributed by atoms with van der Waals surface area (Å²) < 4.78 is 0. The Morgan fingerprint density at radius 1 is 0.741 bits per heavy atom. The quantitative estimate of drug-likeness (QED) is 0.157. The van der Waals surface area contributed by atoms with Gasteiger partial charge in [0, 0.05) is 10.9 Å². The van der Waals surface area contributed by atoms with Crippen LogP contribution in [0.3, 0.4) is 0 Å². The molecule has 0 bridgehead atoms. The first-order valence-corrected chi connectivity index (χ1v) is 9.39. The van der Waals surface area contributed by atoms with Gasteiger partial charge in [0.15, 0.2) is 0 Å². The summed E-state index contributed by atoms with van der Waals surface area (Å²) in [4.78, 5) is 11.8. The van der Waals surface area contributed by atoms with Crippen LogP contribution >= 0.6 is 0 Å². The predicted octanol–water partition coefficient (Wildman–Crippen LogP) is 7.09. The van der Waals surface area contributed by atoms with Gasteiger partial charge < -0.3 is 0 Å². The molecule has 0 aliphatic carbocycles. The molecule has 3 nitrogen and oxygen atoms in total. The number of nitro benzene ring substituents is 1. The fraction of sp³-hybridized carbons (Fsp3) is 0.333. The molecule has 0 fully saturated rings. The normalized spacial score (nSPS) is 13.1. The lowest BCUT2D eigenvalue weighted by atomic mass is 9.80. The van der Waals surface area contributed by atoms with E-state index < -0.39 is 0 Å².